The molecular weight excluding hydrogens is 280 g/mol. The van der Waals surface area contributed by atoms with Gasteiger partial charge in [-0.05, 0) is 55.2 Å². The summed E-state index contributed by atoms with van der Waals surface area (Å²) in [5.74, 6) is 0. The highest BCUT2D eigenvalue weighted by Crippen LogP contribution is 2.28. The highest BCUT2D eigenvalue weighted by Gasteiger charge is 2.27. The Bertz CT molecular complexity index is 566. The first kappa shape index (κ1) is 16.4. The van der Waals surface area contributed by atoms with Crippen LogP contribution >= 0.6 is 0 Å². The van der Waals surface area contributed by atoms with Gasteiger partial charge in [0.2, 0.25) is 0 Å². The summed E-state index contributed by atoms with van der Waals surface area (Å²) in [5.41, 5.74) is 20.8. The van der Waals surface area contributed by atoms with Crippen LogP contribution in [0.25, 0.3) is 0 Å². The zero-order valence-corrected chi connectivity index (χ0v) is 12.5. The summed E-state index contributed by atoms with van der Waals surface area (Å²) in [7, 11) is 0. The van der Waals surface area contributed by atoms with Gasteiger partial charge in [0.05, 0.1) is 0 Å². The van der Waals surface area contributed by atoms with Gasteiger partial charge in [-0.15, -0.1) is 0 Å². The summed E-state index contributed by atoms with van der Waals surface area (Å²) < 4.78 is 0. The maximum Gasteiger partial charge on any atom is 0.151 e. The molecule has 1 aromatic rings. The molecule has 0 aliphatic heterocycles. The summed E-state index contributed by atoms with van der Waals surface area (Å²) in [6.45, 7) is 0.584. The molecule has 1 atom stereocenters. The van der Waals surface area contributed by atoms with Crippen molar-refractivity contribution in [2.24, 2.45) is 11.5 Å². The molecule has 0 saturated carbocycles. The van der Waals surface area contributed by atoms with Gasteiger partial charge in [-0.3, -0.25) is 0 Å². The molecule has 0 bridgehead atoms. The monoisotopic (exact) mass is 304 g/mol. The number of rotatable bonds is 6. The number of hydrogen-bond acceptors (Lipinski definition) is 6. The zero-order valence-electron chi connectivity index (χ0n) is 12.5. The van der Waals surface area contributed by atoms with E-state index in [1.54, 1.807) is 6.08 Å². The van der Waals surface area contributed by atoms with Gasteiger partial charge in [-0.1, -0.05) is 6.08 Å². The number of anilines is 2. The Morgan fingerprint density at radius 3 is 2.50 bits per heavy atom. The van der Waals surface area contributed by atoms with Gasteiger partial charge in [0.15, 0.2) is 6.29 Å². The van der Waals surface area contributed by atoms with Crippen molar-refractivity contribution in [3.8, 4) is 0 Å². The van der Waals surface area contributed by atoms with Crippen LogP contribution in [0.4, 0.5) is 11.4 Å². The molecular formula is C16H24N4O2. The quantitative estimate of drug-likeness (QED) is 0.338. The lowest BCUT2D eigenvalue weighted by Crippen LogP contribution is -2.41. The second-order valence-electron chi connectivity index (χ2n) is 5.80. The minimum absolute atomic E-state index is 0.236. The summed E-state index contributed by atoms with van der Waals surface area (Å²) >= 11 is 0. The van der Waals surface area contributed by atoms with E-state index in [0.29, 0.717) is 30.8 Å². The number of nitrogens with two attached hydrogens (primary N) is 3. The van der Waals surface area contributed by atoms with Gasteiger partial charge in [-0.25, -0.2) is 0 Å². The maximum atomic E-state index is 9.01. The third-order valence-electron chi connectivity index (χ3n) is 3.83. The molecule has 0 aromatic heterocycles. The van der Waals surface area contributed by atoms with Crippen molar-refractivity contribution in [2.45, 2.75) is 31.1 Å². The van der Waals surface area contributed by atoms with Crippen molar-refractivity contribution < 1.29 is 10.2 Å². The minimum atomic E-state index is -1.34. The third-order valence-corrected chi connectivity index (χ3v) is 3.83. The molecule has 0 fully saturated rings. The van der Waals surface area contributed by atoms with Crippen molar-refractivity contribution in [1.29, 1.82) is 0 Å². The van der Waals surface area contributed by atoms with Crippen molar-refractivity contribution in [3.05, 3.63) is 47.7 Å². The van der Waals surface area contributed by atoms with Gasteiger partial charge < -0.3 is 32.7 Å². The Morgan fingerprint density at radius 2 is 1.86 bits per heavy atom. The van der Waals surface area contributed by atoms with Crippen LogP contribution in [0.1, 0.15) is 19.3 Å². The summed E-state index contributed by atoms with van der Waals surface area (Å²) in [5, 5.41) is 21.3. The fraction of sp³-hybridized carbons (Fsp3) is 0.375. The standard InChI is InChI=1S/C16H24N4O2/c17-12-1-3-13(4-2-12)20-10-11-9-16(19,7-5-14(11)18)8-6-15(21)22/h1-5,7,15,20-22H,6,8-10,17-19H2. The smallest absolute Gasteiger partial charge is 0.151 e. The molecule has 0 amide bonds. The predicted molar refractivity (Wildman–Crippen MR) is 88.7 cm³/mol. The summed E-state index contributed by atoms with van der Waals surface area (Å²) in [6.07, 6.45) is 3.61. The zero-order chi connectivity index (χ0) is 16.2. The third kappa shape index (κ3) is 4.49. The average Bonchev–Trinajstić information content (AvgIpc) is 2.48. The number of aliphatic hydroxyl groups excluding tert-OH is 1. The Kier molecular flexibility index (Phi) is 5.07. The van der Waals surface area contributed by atoms with E-state index >= 15 is 0 Å². The van der Waals surface area contributed by atoms with Crippen LogP contribution in [0.3, 0.4) is 0 Å². The van der Waals surface area contributed by atoms with Crippen molar-refractivity contribution in [1.82, 2.24) is 0 Å². The Labute approximate surface area is 130 Å². The largest absolute Gasteiger partial charge is 0.399 e. The molecule has 0 heterocycles. The first-order valence-corrected chi connectivity index (χ1v) is 7.29. The van der Waals surface area contributed by atoms with Crippen LogP contribution in [0.2, 0.25) is 0 Å². The highest BCUT2D eigenvalue weighted by molar-refractivity contribution is 5.52. The van der Waals surface area contributed by atoms with E-state index in [4.69, 9.17) is 27.4 Å². The lowest BCUT2D eigenvalue weighted by atomic mass is 9.82. The van der Waals surface area contributed by atoms with Crippen LogP contribution < -0.4 is 22.5 Å². The molecule has 1 unspecified atom stereocenters. The average molecular weight is 304 g/mol. The number of allylic oxidation sites excluding steroid dienone is 1. The molecule has 0 radical (unpaired) electrons. The fourth-order valence-electron chi connectivity index (χ4n) is 2.48. The summed E-state index contributed by atoms with van der Waals surface area (Å²) in [4.78, 5) is 0. The Morgan fingerprint density at radius 1 is 1.18 bits per heavy atom. The molecule has 6 nitrogen and oxygen atoms in total. The molecule has 9 N–H and O–H groups in total. The van der Waals surface area contributed by atoms with E-state index in [1.165, 1.54) is 0 Å². The van der Waals surface area contributed by atoms with E-state index < -0.39 is 11.8 Å². The van der Waals surface area contributed by atoms with E-state index in [9.17, 15) is 0 Å². The first-order chi connectivity index (χ1) is 10.4. The van der Waals surface area contributed by atoms with E-state index in [1.807, 2.05) is 30.3 Å². The molecule has 1 aromatic carbocycles. The van der Waals surface area contributed by atoms with E-state index in [2.05, 4.69) is 5.32 Å². The molecule has 1 aliphatic carbocycles. The van der Waals surface area contributed by atoms with Gasteiger partial charge in [0.25, 0.3) is 0 Å². The number of aliphatic hydroxyl groups is 2. The minimum Gasteiger partial charge on any atom is -0.399 e. The van der Waals surface area contributed by atoms with Gasteiger partial charge in [0, 0.05) is 29.2 Å². The van der Waals surface area contributed by atoms with Crippen molar-refractivity contribution in [2.75, 3.05) is 17.6 Å². The molecule has 0 saturated heterocycles. The van der Waals surface area contributed by atoms with Gasteiger partial charge in [-0.2, -0.15) is 0 Å². The second-order valence-corrected chi connectivity index (χ2v) is 5.80. The van der Waals surface area contributed by atoms with Gasteiger partial charge >= 0.3 is 0 Å². The molecule has 0 spiro atoms. The number of benzene rings is 1. The van der Waals surface area contributed by atoms with Crippen molar-refractivity contribution in [3.63, 3.8) is 0 Å². The number of nitrogen functional groups attached to an aromatic ring is 1. The SMILES string of the molecule is NC1=C(CNc2ccc(N)cc2)CC(N)(CCC(O)O)C=C1. The van der Waals surface area contributed by atoms with Gasteiger partial charge in [0.1, 0.15) is 0 Å². The second kappa shape index (κ2) is 6.83. The normalized spacial score (nSPS) is 21.5. The Hall–Kier alpha value is -2.02. The Balaban J connectivity index is 1.97. The summed E-state index contributed by atoms with van der Waals surface area (Å²) in [6, 6.07) is 7.47. The van der Waals surface area contributed by atoms with Crippen LogP contribution in [-0.4, -0.2) is 28.6 Å². The highest BCUT2D eigenvalue weighted by atomic mass is 16.5. The van der Waals surface area contributed by atoms with Crippen molar-refractivity contribution >= 4 is 11.4 Å². The molecule has 6 heteroatoms. The number of hydrogen-bond donors (Lipinski definition) is 6. The predicted octanol–water partition coefficient (Wildman–Crippen LogP) is 0.642. The topological polar surface area (TPSA) is 131 Å². The molecule has 1 aliphatic rings. The fourth-order valence-corrected chi connectivity index (χ4v) is 2.48. The van der Waals surface area contributed by atoms with Crippen LogP contribution in [0, 0.1) is 0 Å². The maximum absolute atomic E-state index is 9.01. The van der Waals surface area contributed by atoms with Crippen LogP contribution in [0.15, 0.2) is 47.7 Å². The number of nitrogens with one attached hydrogen (secondary N) is 1. The van der Waals surface area contributed by atoms with Crippen LogP contribution in [-0.2, 0) is 0 Å². The lowest BCUT2D eigenvalue weighted by molar-refractivity contribution is -0.0488. The molecule has 120 valence electrons. The first-order valence-electron chi connectivity index (χ1n) is 7.29. The lowest BCUT2D eigenvalue weighted by Gasteiger charge is -2.31. The van der Waals surface area contributed by atoms with E-state index in [0.717, 1.165) is 11.3 Å². The molecule has 22 heavy (non-hydrogen) atoms. The van der Waals surface area contributed by atoms with E-state index in [-0.39, 0.29) is 6.42 Å². The van der Waals surface area contributed by atoms with Crippen LogP contribution in [0.5, 0.6) is 0 Å². The molecule has 2 rings (SSSR count).